The van der Waals surface area contributed by atoms with Crippen LogP contribution in [0.2, 0.25) is 0 Å². The number of hydrogen-bond donors (Lipinski definition) is 3. The van der Waals surface area contributed by atoms with Crippen LogP contribution in [-0.2, 0) is 11.3 Å². The zero-order valence-electron chi connectivity index (χ0n) is 9.69. The number of aryl methyl sites for hydroxylation is 1. The number of nitrogens with one attached hydrogen (secondary N) is 2. The van der Waals surface area contributed by atoms with Crippen molar-refractivity contribution in [3.8, 4) is 0 Å². The Kier molecular flexibility index (Phi) is 4.89. The van der Waals surface area contributed by atoms with E-state index in [2.05, 4.69) is 15.6 Å². The molecule has 1 atom stereocenters. The fraction of sp³-hybridized carbons (Fsp3) is 0.500. The third kappa shape index (κ3) is 4.81. The van der Waals surface area contributed by atoms with E-state index >= 15 is 0 Å². The van der Waals surface area contributed by atoms with Crippen molar-refractivity contribution >= 4 is 23.3 Å². The highest BCUT2D eigenvalue weighted by atomic mass is 32.1. The molecule has 0 radical (unpaired) electrons. The fourth-order valence-electron chi connectivity index (χ4n) is 1.04. The average Bonchev–Trinajstić information content (AvgIpc) is 2.69. The van der Waals surface area contributed by atoms with Crippen molar-refractivity contribution < 1.29 is 14.7 Å². The number of aliphatic carboxylic acids is 1. The number of carbonyl (C=O) groups excluding carboxylic acids is 1. The number of nitrogens with zero attached hydrogens (tertiary/aromatic N) is 1. The van der Waals surface area contributed by atoms with Gasteiger partial charge >= 0.3 is 12.0 Å². The van der Waals surface area contributed by atoms with Gasteiger partial charge in [-0.15, -0.1) is 11.3 Å². The van der Waals surface area contributed by atoms with Crippen LogP contribution in [-0.4, -0.2) is 28.6 Å². The summed E-state index contributed by atoms with van der Waals surface area (Å²) in [6, 6.07) is -0.383. The maximum Gasteiger partial charge on any atom is 0.315 e. The van der Waals surface area contributed by atoms with E-state index in [-0.39, 0.29) is 12.6 Å². The predicted octanol–water partition coefficient (Wildman–Crippen LogP) is 0.971. The van der Waals surface area contributed by atoms with E-state index in [9.17, 15) is 9.59 Å². The van der Waals surface area contributed by atoms with Crippen molar-refractivity contribution in [3.05, 3.63) is 16.1 Å². The standard InChI is InChI=1S/C10H15N3O3S/c1-6(9(14)15)3-11-10(16)12-4-8-13-7(2)5-17-8/h5-6H,3-4H2,1-2H3,(H,14,15)(H2,11,12,16). The van der Waals surface area contributed by atoms with Crippen molar-refractivity contribution in [2.45, 2.75) is 20.4 Å². The lowest BCUT2D eigenvalue weighted by Gasteiger charge is -2.08. The van der Waals surface area contributed by atoms with Crippen LogP contribution in [0.3, 0.4) is 0 Å². The van der Waals surface area contributed by atoms with E-state index in [0.717, 1.165) is 10.7 Å². The lowest BCUT2D eigenvalue weighted by molar-refractivity contribution is -0.140. The molecule has 0 fully saturated rings. The Balaban J connectivity index is 2.24. The summed E-state index contributed by atoms with van der Waals surface area (Å²) in [6.45, 7) is 3.88. The van der Waals surface area contributed by atoms with Crippen LogP contribution >= 0.6 is 11.3 Å². The van der Waals surface area contributed by atoms with Crippen molar-refractivity contribution in [3.63, 3.8) is 0 Å². The van der Waals surface area contributed by atoms with Crippen LogP contribution in [0.4, 0.5) is 4.79 Å². The van der Waals surface area contributed by atoms with Crippen LogP contribution in [0.1, 0.15) is 17.6 Å². The first kappa shape index (κ1) is 13.4. The molecule has 0 aliphatic rings. The second kappa shape index (κ2) is 6.19. The summed E-state index contributed by atoms with van der Waals surface area (Å²) in [6.07, 6.45) is 0. The number of thiazole rings is 1. The topological polar surface area (TPSA) is 91.3 Å². The number of urea groups is 1. The molecule has 0 aliphatic carbocycles. The quantitative estimate of drug-likeness (QED) is 0.733. The number of carboxylic acid groups (broad SMARTS) is 1. The summed E-state index contributed by atoms with van der Waals surface area (Å²) in [5.41, 5.74) is 0.923. The van der Waals surface area contributed by atoms with Crippen LogP contribution < -0.4 is 10.6 Å². The van der Waals surface area contributed by atoms with Gasteiger partial charge in [0.15, 0.2) is 0 Å². The fourth-order valence-corrected chi connectivity index (χ4v) is 1.75. The van der Waals surface area contributed by atoms with Crippen molar-refractivity contribution in [2.24, 2.45) is 5.92 Å². The van der Waals surface area contributed by atoms with Gasteiger partial charge in [0.1, 0.15) is 5.01 Å². The molecule has 17 heavy (non-hydrogen) atoms. The van der Waals surface area contributed by atoms with E-state index in [1.165, 1.54) is 18.3 Å². The Morgan fingerprint density at radius 3 is 2.76 bits per heavy atom. The second-order valence-corrected chi connectivity index (χ2v) is 4.63. The molecular weight excluding hydrogens is 242 g/mol. The smallest absolute Gasteiger partial charge is 0.315 e. The number of aromatic nitrogens is 1. The molecule has 7 heteroatoms. The zero-order valence-corrected chi connectivity index (χ0v) is 10.5. The first-order chi connectivity index (χ1) is 7.99. The molecule has 1 aromatic heterocycles. The molecule has 1 rings (SSSR count). The van der Waals surface area contributed by atoms with Gasteiger partial charge in [-0.1, -0.05) is 6.92 Å². The normalized spacial score (nSPS) is 11.9. The molecule has 0 saturated carbocycles. The van der Waals surface area contributed by atoms with Gasteiger partial charge in [-0.2, -0.15) is 0 Å². The molecule has 1 heterocycles. The van der Waals surface area contributed by atoms with Gasteiger partial charge in [-0.3, -0.25) is 4.79 Å². The average molecular weight is 257 g/mol. The minimum atomic E-state index is -0.930. The number of carboxylic acids is 1. The third-order valence-electron chi connectivity index (χ3n) is 2.06. The summed E-state index contributed by atoms with van der Waals surface area (Å²) >= 11 is 1.47. The second-order valence-electron chi connectivity index (χ2n) is 3.69. The van der Waals surface area contributed by atoms with Gasteiger partial charge in [0.2, 0.25) is 0 Å². The minimum Gasteiger partial charge on any atom is -0.481 e. The monoisotopic (exact) mass is 257 g/mol. The lowest BCUT2D eigenvalue weighted by atomic mass is 10.2. The Labute approximate surface area is 103 Å². The maximum absolute atomic E-state index is 11.3. The van der Waals surface area contributed by atoms with Crippen LogP contribution in [0.5, 0.6) is 0 Å². The molecule has 0 aromatic carbocycles. The molecular formula is C10H15N3O3S. The van der Waals surface area contributed by atoms with E-state index < -0.39 is 11.9 Å². The molecule has 1 unspecified atom stereocenters. The Morgan fingerprint density at radius 2 is 2.24 bits per heavy atom. The maximum atomic E-state index is 11.3. The molecule has 94 valence electrons. The highest BCUT2D eigenvalue weighted by Crippen LogP contribution is 2.07. The van der Waals surface area contributed by atoms with E-state index in [4.69, 9.17) is 5.11 Å². The highest BCUT2D eigenvalue weighted by Gasteiger charge is 2.11. The van der Waals surface area contributed by atoms with E-state index in [1.54, 1.807) is 0 Å². The number of carbonyl (C=O) groups is 2. The van der Waals surface area contributed by atoms with Gasteiger partial charge in [-0.05, 0) is 6.92 Å². The SMILES string of the molecule is Cc1csc(CNC(=O)NCC(C)C(=O)O)n1. The first-order valence-corrected chi connectivity index (χ1v) is 6.02. The molecule has 0 spiro atoms. The Hall–Kier alpha value is -1.63. The first-order valence-electron chi connectivity index (χ1n) is 5.14. The number of amides is 2. The Bertz CT molecular complexity index is 405. The van der Waals surface area contributed by atoms with Gasteiger partial charge in [0, 0.05) is 17.6 Å². The minimum absolute atomic E-state index is 0.109. The van der Waals surface area contributed by atoms with Crippen LogP contribution in [0, 0.1) is 12.8 Å². The summed E-state index contributed by atoms with van der Waals surface area (Å²) in [4.78, 5) is 26.0. The number of hydrogen-bond acceptors (Lipinski definition) is 4. The van der Waals surface area contributed by atoms with E-state index in [0.29, 0.717) is 6.54 Å². The van der Waals surface area contributed by atoms with Gasteiger partial charge in [0.25, 0.3) is 0 Å². The van der Waals surface area contributed by atoms with Gasteiger partial charge < -0.3 is 15.7 Å². The third-order valence-corrected chi connectivity index (χ3v) is 3.02. The molecule has 0 saturated heterocycles. The summed E-state index contributed by atoms with van der Waals surface area (Å²) in [7, 11) is 0. The highest BCUT2D eigenvalue weighted by molar-refractivity contribution is 7.09. The van der Waals surface area contributed by atoms with Crippen LogP contribution in [0.25, 0.3) is 0 Å². The van der Waals surface area contributed by atoms with E-state index in [1.807, 2.05) is 12.3 Å². The Morgan fingerprint density at radius 1 is 1.53 bits per heavy atom. The molecule has 2 amide bonds. The molecule has 1 aromatic rings. The van der Waals surface area contributed by atoms with Crippen molar-refractivity contribution in [1.82, 2.24) is 15.6 Å². The lowest BCUT2D eigenvalue weighted by Crippen LogP contribution is -2.38. The molecule has 6 nitrogen and oxygen atoms in total. The largest absolute Gasteiger partial charge is 0.481 e. The van der Waals surface area contributed by atoms with Gasteiger partial charge in [0.05, 0.1) is 12.5 Å². The summed E-state index contributed by atoms with van der Waals surface area (Å²) < 4.78 is 0. The summed E-state index contributed by atoms with van der Waals surface area (Å²) in [5.74, 6) is -1.52. The predicted molar refractivity (Wildman–Crippen MR) is 63.9 cm³/mol. The molecule has 3 N–H and O–H groups in total. The zero-order chi connectivity index (χ0) is 12.8. The van der Waals surface area contributed by atoms with Gasteiger partial charge in [-0.25, -0.2) is 9.78 Å². The summed E-state index contributed by atoms with van der Waals surface area (Å²) in [5, 5.41) is 16.5. The molecule has 0 aliphatic heterocycles. The number of rotatable bonds is 5. The van der Waals surface area contributed by atoms with Crippen LogP contribution in [0.15, 0.2) is 5.38 Å². The van der Waals surface area contributed by atoms with Crippen molar-refractivity contribution in [1.29, 1.82) is 0 Å². The van der Waals surface area contributed by atoms with Crippen molar-refractivity contribution in [2.75, 3.05) is 6.54 Å². The molecule has 0 bridgehead atoms.